The number of ether oxygens (including phenoxy) is 3. The first-order valence-corrected chi connectivity index (χ1v) is 11.4. The highest BCUT2D eigenvalue weighted by molar-refractivity contribution is 9.10. The van der Waals surface area contributed by atoms with E-state index in [2.05, 4.69) is 22.0 Å². The first kappa shape index (κ1) is 22.9. The largest absolute Gasteiger partial charge is 0.490 e. The van der Waals surface area contributed by atoms with Gasteiger partial charge in [0, 0.05) is 18.4 Å². The third-order valence-electron chi connectivity index (χ3n) is 5.57. The van der Waals surface area contributed by atoms with Crippen LogP contribution in [0.5, 0.6) is 11.5 Å². The fourth-order valence-corrected chi connectivity index (χ4v) is 4.66. The first-order chi connectivity index (χ1) is 15.9. The van der Waals surface area contributed by atoms with E-state index in [1.165, 1.54) is 12.1 Å². The van der Waals surface area contributed by atoms with Crippen molar-refractivity contribution in [2.24, 2.45) is 5.73 Å². The molecule has 170 valence electrons. The number of hydrogen-bond acceptors (Lipinski definition) is 6. The molecule has 2 N–H and O–H groups in total. The van der Waals surface area contributed by atoms with Crippen molar-refractivity contribution < 1.29 is 23.4 Å². The highest BCUT2D eigenvalue weighted by Crippen LogP contribution is 2.47. The van der Waals surface area contributed by atoms with Gasteiger partial charge in [-0.15, -0.1) is 0 Å². The summed E-state index contributed by atoms with van der Waals surface area (Å²) in [6.07, 6.45) is 1.68. The minimum absolute atomic E-state index is 0.0154. The van der Waals surface area contributed by atoms with Crippen LogP contribution in [-0.4, -0.2) is 12.4 Å². The molecule has 0 spiro atoms. The van der Waals surface area contributed by atoms with Gasteiger partial charge in [-0.05, 0) is 64.7 Å². The van der Waals surface area contributed by atoms with Crippen LogP contribution in [0.2, 0.25) is 0 Å². The summed E-state index contributed by atoms with van der Waals surface area (Å²) in [6.45, 7) is 2.44. The zero-order valence-electron chi connectivity index (χ0n) is 18.0. The quantitative estimate of drug-likeness (QED) is 0.558. The summed E-state index contributed by atoms with van der Waals surface area (Å²) in [7, 11) is 0. The van der Waals surface area contributed by atoms with Crippen molar-refractivity contribution in [3.05, 3.63) is 80.6 Å². The normalized spacial score (nSPS) is 17.9. The summed E-state index contributed by atoms with van der Waals surface area (Å²) in [5, 5.41) is 9.80. The Hall–Kier alpha value is -3.31. The number of hydrogen-bond donors (Lipinski definition) is 1. The lowest BCUT2D eigenvalue weighted by Crippen LogP contribution is -2.27. The molecule has 1 atom stereocenters. The van der Waals surface area contributed by atoms with Gasteiger partial charge in [0.2, 0.25) is 5.88 Å². The molecule has 8 heteroatoms. The van der Waals surface area contributed by atoms with Crippen molar-refractivity contribution in [1.29, 1.82) is 5.26 Å². The van der Waals surface area contributed by atoms with Gasteiger partial charge in [0.15, 0.2) is 17.3 Å². The van der Waals surface area contributed by atoms with Crippen molar-refractivity contribution in [2.75, 3.05) is 6.61 Å². The van der Waals surface area contributed by atoms with E-state index in [1.807, 2.05) is 6.92 Å². The summed E-state index contributed by atoms with van der Waals surface area (Å²) < 4.78 is 31.3. The van der Waals surface area contributed by atoms with Gasteiger partial charge in [0.1, 0.15) is 29.8 Å². The molecule has 6 nitrogen and oxygen atoms in total. The molecule has 2 aliphatic rings. The van der Waals surface area contributed by atoms with E-state index in [0.29, 0.717) is 58.7 Å². The molecule has 0 unspecified atom stereocenters. The van der Waals surface area contributed by atoms with Crippen LogP contribution in [0.15, 0.2) is 63.7 Å². The van der Waals surface area contributed by atoms with Crippen LogP contribution in [0.25, 0.3) is 0 Å². The molecular weight excluding hydrogens is 491 g/mol. The highest BCUT2D eigenvalue weighted by atomic mass is 79.9. The van der Waals surface area contributed by atoms with E-state index in [9.17, 15) is 14.4 Å². The van der Waals surface area contributed by atoms with Crippen molar-refractivity contribution >= 4 is 21.7 Å². The topological polar surface area (TPSA) is 94.6 Å². The van der Waals surface area contributed by atoms with Crippen LogP contribution in [0.1, 0.15) is 43.2 Å². The smallest absolute Gasteiger partial charge is 0.205 e. The lowest BCUT2D eigenvalue weighted by molar-refractivity contribution is -0.116. The zero-order chi connectivity index (χ0) is 23.5. The lowest BCUT2D eigenvalue weighted by Gasteiger charge is -2.31. The molecule has 0 amide bonds. The van der Waals surface area contributed by atoms with E-state index in [-0.39, 0.29) is 29.7 Å². The number of allylic oxidation sites excluding steroid dienone is 3. The van der Waals surface area contributed by atoms with Crippen molar-refractivity contribution in [3.8, 4) is 17.6 Å². The van der Waals surface area contributed by atoms with Crippen molar-refractivity contribution in [3.63, 3.8) is 0 Å². The molecule has 1 aliphatic carbocycles. The average molecular weight is 513 g/mol. The third kappa shape index (κ3) is 4.60. The number of nitrogens with two attached hydrogens (primary N) is 1. The molecular formula is C25H22BrFN2O4. The standard InChI is InChI=1S/C25H22BrFN2O4/c1-2-31-21-11-15(10-18(26)24(21)32-13-14-6-8-16(27)9-7-14)22-17(12-28)25(29)33-20-5-3-4-19(30)23(20)22/h6-11,22H,2-5,13,29H2,1H3/t22-/m0/s1. The molecule has 33 heavy (non-hydrogen) atoms. The van der Waals surface area contributed by atoms with Crippen molar-refractivity contribution in [1.82, 2.24) is 0 Å². The van der Waals surface area contributed by atoms with Crippen LogP contribution in [-0.2, 0) is 16.1 Å². The van der Waals surface area contributed by atoms with Gasteiger partial charge in [-0.25, -0.2) is 4.39 Å². The lowest BCUT2D eigenvalue weighted by atomic mass is 9.77. The van der Waals surface area contributed by atoms with Crippen LogP contribution in [0, 0.1) is 17.1 Å². The van der Waals surface area contributed by atoms with Gasteiger partial charge in [-0.1, -0.05) is 12.1 Å². The highest BCUT2D eigenvalue weighted by Gasteiger charge is 2.38. The molecule has 2 aromatic carbocycles. The number of nitriles is 1. The van der Waals surface area contributed by atoms with Crippen LogP contribution in [0.4, 0.5) is 4.39 Å². The molecule has 0 saturated carbocycles. The first-order valence-electron chi connectivity index (χ1n) is 10.6. The van der Waals surface area contributed by atoms with Gasteiger partial charge in [0.05, 0.1) is 17.0 Å². The third-order valence-corrected chi connectivity index (χ3v) is 6.16. The number of rotatable bonds is 6. The Kier molecular flexibility index (Phi) is 6.70. The van der Waals surface area contributed by atoms with E-state index < -0.39 is 5.92 Å². The maximum atomic E-state index is 13.2. The summed E-state index contributed by atoms with van der Waals surface area (Å²) in [6, 6.07) is 11.7. The van der Waals surface area contributed by atoms with Crippen LogP contribution in [0.3, 0.4) is 0 Å². The number of halogens is 2. The maximum absolute atomic E-state index is 13.2. The molecule has 4 rings (SSSR count). The predicted molar refractivity (Wildman–Crippen MR) is 123 cm³/mol. The van der Waals surface area contributed by atoms with E-state index in [1.54, 1.807) is 24.3 Å². The van der Waals surface area contributed by atoms with Crippen molar-refractivity contribution in [2.45, 2.75) is 38.7 Å². The summed E-state index contributed by atoms with van der Waals surface area (Å²) in [5.74, 6) is 0.455. The van der Waals surface area contributed by atoms with E-state index in [4.69, 9.17) is 19.9 Å². The Balaban J connectivity index is 1.75. The average Bonchev–Trinajstić information content (AvgIpc) is 2.79. The van der Waals surface area contributed by atoms with Gasteiger partial charge >= 0.3 is 0 Å². The summed E-state index contributed by atoms with van der Waals surface area (Å²) in [5.41, 5.74) is 8.19. The number of carbonyl (C=O) groups is 1. The summed E-state index contributed by atoms with van der Waals surface area (Å²) in [4.78, 5) is 12.8. The number of nitrogens with zero attached hydrogens (tertiary/aromatic N) is 1. The zero-order valence-corrected chi connectivity index (χ0v) is 19.6. The fourth-order valence-electron chi connectivity index (χ4n) is 4.08. The number of ketones is 1. The molecule has 0 fully saturated rings. The molecule has 0 radical (unpaired) electrons. The number of carbonyl (C=O) groups excluding carboxylic acids is 1. The Bertz CT molecular complexity index is 1200. The Morgan fingerprint density at radius 3 is 2.70 bits per heavy atom. The van der Waals surface area contributed by atoms with Crippen LogP contribution < -0.4 is 15.2 Å². The maximum Gasteiger partial charge on any atom is 0.205 e. The molecule has 0 saturated heterocycles. The Labute approximate surface area is 199 Å². The Morgan fingerprint density at radius 1 is 1.24 bits per heavy atom. The summed E-state index contributed by atoms with van der Waals surface area (Å²) >= 11 is 3.55. The minimum Gasteiger partial charge on any atom is -0.490 e. The second-order valence-corrected chi connectivity index (χ2v) is 8.57. The number of Topliss-reactive ketones (excluding diaryl/α,β-unsaturated/α-hetero) is 1. The van der Waals surface area contributed by atoms with Crippen LogP contribution >= 0.6 is 15.9 Å². The second kappa shape index (κ2) is 9.67. The molecule has 1 heterocycles. The van der Waals surface area contributed by atoms with Gasteiger partial charge in [-0.3, -0.25) is 4.79 Å². The fraction of sp³-hybridized carbons (Fsp3) is 0.280. The van der Waals surface area contributed by atoms with Gasteiger partial charge in [0.25, 0.3) is 0 Å². The molecule has 2 aromatic rings. The van der Waals surface area contributed by atoms with E-state index >= 15 is 0 Å². The molecule has 1 aliphatic heterocycles. The van der Waals surface area contributed by atoms with E-state index in [0.717, 1.165) is 5.56 Å². The number of benzene rings is 2. The second-order valence-electron chi connectivity index (χ2n) is 7.72. The predicted octanol–water partition coefficient (Wildman–Crippen LogP) is 5.38. The minimum atomic E-state index is -0.645. The van der Waals surface area contributed by atoms with Gasteiger partial charge in [-0.2, -0.15) is 5.26 Å². The monoisotopic (exact) mass is 512 g/mol. The SMILES string of the molecule is CCOc1cc([C@H]2C(C#N)=C(N)OC3=C2C(=O)CCC3)cc(Br)c1OCc1ccc(F)cc1. The molecule has 0 aromatic heterocycles. The van der Waals surface area contributed by atoms with Gasteiger partial charge < -0.3 is 19.9 Å². The Morgan fingerprint density at radius 2 is 2.00 bits per heavy atom. The molecule has 0 bridgehead atoms.